The average molecular weight is 355 g/mol. The van der Waals surface area contributed by atoms with E-state index in [-0.39, 0.29) is 5.82 Å². The summed E-state index contributed by atoms with van der Waals surface area (Å²) in [6, 6.07) is 7.95. The first-order chi connectivity index (χ1) is 9.97. The van der Waals surface area contributed by atoms with Gasteiger partial charge in [-0.05, 0) is 52.2 Å². The maximum Gasteiger partial charge on any atom is 0.133 e. The minimum Gasteiger partial charge on any atom is -0.496 e. The fourth-order valence-corrected chi connectivity index (χ4v) is 2.60. The topological polar surface area (TPSA) is 38.7 Å². The number of hydrogen-bond donors (Lipinski definition) is 1. The summed E-state index contributed by atoms with van der Waals surface area (Å²) in [5.74, 6) is 0.812. The van der Waals surface area contributed by atoms with E-state index in [1.54, 1.807) is 38.3 Å². The standard InChI is InChI=1S/C16H16BrFO3/c1-9-6-10(4-5-13(9)18)16(19)11-7-15(21-3)12(17)8-14(11)20-2/h4-8,16,19H,1-3H3. The van der Waals surface area contributed by atoms with Crippen molar-refractivity contribution in [2.75, 3.05) is 14.2 Å². The van der Waals surface area contributed by atoms with Gasteiger partial charge in [0.2, 0.25) is 0 Å². The van der Waals surface area contributed by atoms with Crippen LogP contribution in [-0.4, -0.2) is 19.3 Å². The van der Waals surface area contributed by atoms with Gasteiger partial charge in [-0.15, -0.1) is 0 Å². The molecule has 0 heterocycles. The van der Waals surface area contributed by atoms with Gasteiger partial charge in [0.25, 0.3) is 0 Å². The normalized spacial score (nSPS) is 12.1. The largest absolute Gasteiger partial charge is 0.496 e. The zero-order valence-corrected chi connectivity index (χ0v) is 13.6. The zero-order chi connectivity index (χ0) is 15.6. The minimum absolute atomic E-state index is 0.300. The van der Waals surface area contributed by atoms with Crippen molar-refractivity contribution in [2.45, 2.75) is 13.0 Å². The number of halogens is 2. The Bertz CT molecular complexity index is 658. The fourth-order valence-electron chi connectivity index (χ4n) is 2.12. The summed E-state index contributed by atoms with van der Waals surface area (Å²) in [4.78, 5) is 0. The van der Waals surface area contributed by atoms with Crippen molar-refractivity contribution in [3.05, 3.63) is 57.3 Å². The molecule has 5 heteroatoms. The second kappa shape index (κ2) is 6.45. The third kappa shape index (κ3) is 3.19. The molecule has 1 atom stereocenters. The van der Waals surface area contributed by atoms with Gasteiger partial charge in [0.15, 0.2) is 0 Å². The number of aryl methyl sites for hydroxylation is 1. The van der Waals surface area contributed by atoms with Crippen LogP contribution < -0.4 is 9.47 Å². The molecular formula is C16H16BrFO3. The SMILES string of the molecule is COc1cc(C(O)c2ccc(F)c(C)c2)c(OC)cc1Br. The first-order valence-corrected chi connectivity index (χ1v) is 7.12. The van der Waals surface area contributed by atoms with Crippen LogP contribution in [-0.2, 0) is 0 Å². The molecule has 0 saturated heterocycles. The summed E-state index contributed by atoms with van der Waals surface area (Å²) in [5, 5.41) is 10.6. The highest BCUT2D eigenvalue weighted by Gasteiger charge is 2.19. The molecule has 0 saturated carbocycles. The number of aliphatic hydroxyl groups excluding tert-OH is 1. The molecule has 0 radical (unpaired) electrons. The second-order valence-corrected chi connectivity index (χ2v) is 5.49. The van der Waals surface area contributed by atoms with Gasteiger partial charge in [-0.1, -0.05) is 12.1 Å². The van der Waals surface area contributed by atoms with Crippen LogP contribution in [0.25, 0.3) is 0 Å². The summed E-state index contributed by atoms with van der Waals surface area (Å²) in [7, 11) is 3.07. The van der Waals surface area contributed by atoms with Crippen molar-refractivity contribution in [1.29, 1.82) is 0 Å². The van der Waals surface area contributed by atoms with E-state index >= 15 is 0 Å². The molecule has 0 aliphatic rings. The molecule has 3 nitrogen and oxygen atoms in total. The smallest absolute Gasteiger partial charge is 0.133 e. The van der Waals surface area contributed by atoms with Crippen molar-refractivity contribution in [3.63, 3.8) is 0 Å². The molecule has 0 aliphatic heterocycles. The van der Waals surface area contributed by atoms with Crippen molar-refractivity contribution in [2.24, 2.45) is 0 Å². The van der Waals surface area contributed by atoms with Crippen molar-refractivity contribution in [3.8, 4) is 11.5 Å². The van der Waals surface area contributed by atoms with Crippen molar-refractivity contribution < 1.29 is 19.0 Å². The number of ether oxygens (including phenoxy) is 2. The van der Waals surface area contributed by atoms with Crippen LogP contribution in [0.3, 0.4) is 0 Å². The molecule has 2 aromatic rings. The van der Waals surface area contributed by atoms with E-state index in [9.17, 15) is 9.50 Å². The predicted molar refractivity (Wildman–Crippen MR) is 82.4 cm³/mol. The molecule has 0 amide bonds. The van der Waals surface area contributed by atoms with Crippen LogP contribution in [0.15, 0.2) is 34.8 Å². The Morgan fingerprint density at radius 3 is 2.33 bits per heavy atom. The molecule has 0 spiro atoms. The van der Waals surface area contributed by atoms with E-state index in [0.717, 1.165) is 4.47 Å². The average Bonchev–Trinajstić information content (AvgIpc) is 2.49. The number of methoxy groups -OCH3 is 2. The van der Waals surface area contributed by atoms with Gasteiger partial charge < -0.3 is 14.6 Å². The second-order valence-electron chi connectivity index (χ2n) is 4.64. The Morgan fingerprint density at radius 2 is 1.76 bits per heavy atom. The number of benzene rings is 2. The summed E-state index contributed by atoms with van der Waals surface area (Å²) in [5.41, 5.74) is 1.63. The first-order valence-electron chi connectivity index (χ1n) is 6.33. The Hall–Kier alpha value is -1.59. The van der Waals surface area contributed by atoms with E-state index in [1.165, 1.54) is 13.2 Å². The zero-order valence-electron chi connectivity index (χ0n) is 12.0. The lowest BCUT2D eigenvalue weighted by atomic mass is 9.98. The van der Waals surface area contributed by atoms with Gasteiger partial charge in [-0.3, -0.25) is 0 Å². The highest BCUT2D eigenvalue weighted by atomic mass is 79.9. The Balaban J connectivity index is 2.50. The number of rotatable bonds is 4. The molecule has 1 N–H and O–H groups in total. The maximum absolute atomic E-state index is 13.3. The molecule has 0 aromatic heterocycles. The third-order valence-electron chi connectivity index (χ3n) is 3.30. The lowest BCUT2D eigenvalue weighted by molar-refractivity contribution is 0.214. The minimum atomic E-state index is -0.929. The fraction of sp³-hybridized carbons (Fsp3) is 0.250. The van der Waals surface area contributed by atoms with Gasteiger partial charge in [-0.25, -0.2) is 4.39 Å². The van der Waals surface area contributed by atoms with Crippen LogP contribution in [0.1, 0.15) is 22.8 Å². The molecule has 0 bridgehead atoms. The van der Waals surface area contributed by atoms with Crippen LogP contribution in [0.5, 0.6) is 11.5 Å². The number of aliphatic hydroxyl groups is 1. The molecule has 0 fully saturated rings. The highest BCUT2D eigenvalue weighted by molar-refractivity contribution is 9.10. The first kappa shape index (κ1) is 15.8. The number of hydrogen-bond acceptors (Lipinski definition) is 3. The van der Waals surface area contributed by atoms with Gasteiger partial charge in [0.1, 0.15) is 23.4 Å². The molecular weight excluding hydrogens is 339 g/mol. The summed E-state index contributed by atoms with van der Waals surface area (Å²) in [6.07, 6.45) is -0.929. The lowest BCUT2D eigenvalue weighted by Gasteiger charge is -2.18. The van der Waals surface area contributed by atoms with Gasteiger partial charge in [0.05, 0.1) is 18.7 Å². The van der Waals surface area contributed by atoms with Gasteiger partial charge >= 0.3 is 0 Å². The Morgan fingerprint density at radius 1 is 1.10 bits per heavy atom. The lowest BCUT2D eigenvalue weighted by Crippen LogP contribution is -2.04. The molecule has 2 aromatic carbocycles. The van der Waals surface area contributed by atoms with E-state index in [2.05, 4.69) is 15.9 Å². The molecule has 1 unspecified atom stereocenters. The molecule has 2 rings (SSSR count). The molecule has 112 valence electrons. The van der Waals surface area contributed by atoms with E-state index in [0.29, 0.717) is 28.2 Å². The maximum atomic E-state index is 13.3. The summed E-state index contributed by atoms with van der Waals surface area (Å²) in [6.45, 7) is 1.66. The van der Waals surface area contributed by atoms with Gasteiger partial charge in [0, 0.05) is 5.56 Å². The van der Waals surface area contributed by atoms with E-state index < -0.39 is 6.10 Å². The molecule has 21 heavy (non-hydrogen) atoms. The van der Waals surface area contributed by atoms with Gasteiger partial charge in [-0.2, -0.15) is 0 Å². The summed E-state index contributed by atoms with van der Waals surface area (Å²) < 4.78 is 24.6. The monoisotopic (exact) mass is 354 g/mol. The van der Waals surface area contributed by atoms with E-state index in [4.69, 9.17) is 9.47 Å². The predicted octanol–water partition coefficient (Wildman–Crippen LogP) is 4.00. The Kier molecular flexibility index (Phi) is 4.85. The van der Waals surface area contributed by atoms with Crippen LogP contribution in [0.4, 0.5) is 4.39 Å². The molecule has 0 aliphatic carbocycles. The van der Waals surface area contributed by atoms with Crippen molar-refractivity contribution in [1.82, 2.24) is 0 Å². The third-order valence-corrected chi connectivity index (χ3v) is 3.92. The summed E-state index contributed by atoms with van der Waals surface area (Å²) >= 11 is 3.37. The quantitative estimate of drug-likeness (QED) is 0.901. The van der Waals surface area contributed by atoms with Crippen LogP contribution in [0.2, 0.25) is 0 Å². The van der Waals surface area contributed by atoms with E-state index in [1.807, 2.05) is 0 Å². The Labute approximate surface area is 131 Å². The van der Waals surface area contributed by atoms with Crippen LogP contribution in [0, 0.1) is 12.7 Å². The highest BCUT2D eigenvalue weighted by Crippen LogP contribution is 2.38. The van der Waals surface area contributed by atoms with Crippen molar-refractivity contribution >= 4 is 15.9 Å². The van der Waals surface area contributed by atoms with Crippen LogP contribution >= 0.6 is 15.9 Å².